The molecule has 0 unspecified atom stereocenters. The van der Waals surface area contributed by atoms with Crippen LogP contribution in [0.2, 0.25) is 0 Å². The minimum Gasteiger partial charge on any atom is -0.382 e. The predicted octanol–water partition coefficient (Wildman–Crippen LogP) is 2.94. The van der Waals surface area contributed by atoms with Crippen molar-refractivity contribution in [3.63, 3.8) is 0 Å². The van der Waals surface area contributed by atoms with Gasteiger partial charge in [-0.25, -0.2) is 9.50 Å². The van der Waals surface area contributed by atoms with E-state index in [-0.39, 0.29) is 0 Å². The molecule has 6 rings (SSSR count). The van der Waals surface area contributed by atoms with Crippen molar-refractivity contribution in [2.45, 2.75) is 25.4 Å². The van der Waals surface area contributed by atoms with Gasteiger partial charge in [0.25, 0.3) is 0 Å². The predicted molar refractivity (Wildman–Crippen MR) is 136 cm³/mol. The summed E-state index contributed by atoms with van der Waals surface area (Å²) in [5.74, 6) is 0.467. The number of nitrogens with two attached hydrogens (primary N) is 1. The van der Waals surface area contributed by atoms with Gasteiger partial charge in [-0.3, -0.25) is 9.58 Å². The van der Waals surface area contributed by atoms with Crippen LogP contribution in [0.5, 0.6) is 0 Å². The number of likely N-dealkylation sites (N-methyl/N-ethyl adjacent to an activating group) is 1. The molecule has 4 aromatic rings. The lowest BCUT2D eigenvalue weighted by atomic mass is 10.1. The molecular formula is C26H32N8O. The molecule has 0 atom stereocenters. The molecule has 2 aliphatic rings. The van der Waals surface area contributed by atoms with E-state index in [1.54, 1.807) is 0 Å². The molecule has 5 heterocycles. The van der Waals surface area contributed by atoms with Gasteiger partial charge < -0.3 is 15.4 Å². The van der Waals surface area contributed by atoms with E-state index in [1.807, 2.05) is 10.7 Å². The van der Waals surface area contributed by atoms with Gasteiger partial charge in [0, 0.05) is 63.3 Å². The summed E-state index contributed by atoms with van der Waals surface area (Å²) in [4.78, 5) is 9.22. The number of benzene rings is 1. The van der Waals surface area contributed by atoms with Crippen molar-refractivity contribution >= 4 is 11.3 Å². The lowest BCUT2D eigenvalue weighted by molar-refractivity contribution is 0.0667. The van der Waals surface area contributed by atoms with Crippen LogP contribution in [0, 0.1) is 0 Å². The second kappa shape index (κ2) is 9.41. The molecule has 0 bridgehead atoms. The van der Waals surface area contributed by atoms with Crippen LogP contribution in [0.1, 0.15) is 24.4 Å². The van der Waals surface area contributed by atoms with Gasteiger partial charge in [0.2, 0.25) is 0 Å². The Kier molecular flexibility index (Phi) is 5.97. The van der Waals surface area contributed by atoms with Gasteiger partial charge in [0.05, 0.1) is 17.4 Å². The average molecular weight is 473 g/mol. The molecule has 0 spiro atoms. The summed E-state index contributed by atoms with van der Waals surface area (Å²) in [7, 11) is 2.19. The second-order valence-corrected chi connectivity index (χ2v) is 9.63. The van der Waals surface area contributed by atoms with Crippen molar-refractivity contribution in [1.29, 1.82) is 0 Å². The molecule has 0 amide bonds. The summed E-state index contributed by atoms with van der Waals surface area (Å²) >= 11 is 0. The molecule has 0 saturated carbocycles. The zero-order valence-corrected chi connectivity index (χ0v) is 20.2. The number of fused-ring (bicyclic) bond motifs is 1. The quantitative estimate of drug-likeness (QED) is 0.478. The Balaban J connectivity index is 1.39. The maximum Gasteiger partial charge on any atom is 0.152 e. The molecule has 1 aromatic carbocycles. The Hall–Kier alpha value is -3.27. The van der Waals surface area contributed by atoms with Crippen molar-refractivity contribution in [2.24, 2.45) is 0 Å². The van der Waals surface area contributed by atoms with Crippen molar-refractivity contribution in [1.82, 2.24) is 34.2 Å². The lowest BCUT2D eigenvalue weighted by Crippen LogP contribution is -2.43. The number of piperazine rings is 1. The molecule has 0 aliphatic carbocycles. The molecule has 2 N–H and O–H groups in total. The van der Waals surface area contributed by atoms with Gasteiger partial charge >= 0.3 is 0 Å². The first-order valence-corrected chi connectivity index (χ1v) is 12.4. The number of aromatic nitrogens is 5. The molecule has 2 saturated heterocycles. The normalized spacial score (nSPS) is 18.4. The van der Waals surface area contributed by atoms with Crippen molar-refractivity contribution in [3.05, 3.63) is 54.5 Å². The highest BCUT2D eigenvalue weighted by Gasteiger charge is 2.24. The number of rotatable bonds is 5. The smallest absolute Gasteiger partial charge is 0.152 e. The van der Waals surface area contributed by atoms with Crippen molar-refractivity contribution < 1.29 is 4.74 Å². The van der Waals surface area contributed by atoms with E-state index in [1.165, 1.54) is 11.9 Å². The minimum absolute atomic E-state index is 0.310. The van der Waals surface area contributed by atoms with Crippen LogP contribution < -0.4 is 5.73 Å². The van der Waals surface area contributed by atoms with Crippen LogP contribution in [-0.4, -0.2) is 80.6 Å². The fraction of sp³-hybridized carbons (Fsp3) is 0.423. The maximum absolute atomic E-state index is 6.42. The third kappa shape index (κ3) is 4.31. The fourth-order valence-electron chi connectivity index (χ4n) is 5.31. The maximum atomic E-state index is 6.42. The van der Waals surface area contributed by atoms with E-state index in [0.717, 1.165) is 86.8 Å². The molecule has 2 fully saturated rings. The third-order valence-electron chi connectivity index (χ3n) is 7.29. The lowest BCUT2D eigenvalue weighted by Gasteiger charge is -2.32. The zero-order chi connectivity index (χ0) is 23.8. The summed E-state index contributed by atoms with van der Waals surface area (Å²) in [5, 5.41) is 9.29. The monoisotopic (exact) mass is 472 g/mol. The van der Waals surface area contributed by atoms with Crippen LogP contribution >= 0.6 is 0 Å². The zero-order valence-electron chi connectivity index (χ0n) is 20.2. The van der Waals surface area contributed by atoms with Crippen molar-refractivity contribution in [2.75, 3.05) is 52.2 Å². The average Bonchev–Trinajstić information content (AvgIpc) is 3.52. The Bertz CT molecular complexity index is 1310. The van der Waals surface area contributed by atoms with Gasteiger partial charge in [0.15, 0.2) is 5.82 Å². The van der Waals surface area contributed by atoms with E-state index in [4.69, 9.17) is 10.5 Å². The molecule has 3 aromatic heterocycles. The molecular weight excluding hydrogens is 440 g/mol. The van der Waals surface area contributed by atoms with Gasteiger partial charge in [-0.1, -0.05) is 18.2 Å². The number of nitrogen functional groups attached to an aromatic ring is 1. The van der Waals surface area contributed by atoms with E-state index < -0.39 is 0 Å². The van der Waals surface area contributed by atoms with Crippen LogP contribution in [0.3, 0.4) is 0 Å². The van der Waals surface area contributed by atoms with Crippen LogP contribution in [0.15, 0.2) is 48.9 Å². The largest absolute Gasteiger partial charge is 0.382 e. The van der Waals surface area contributed by atoms with E-state index in [2.05, 4.69) is 73.1 Å². The van der Waals surface area contributed by atoms with E-state index >= 15 is 0 Å². The fourth-order valence-corrected chi connectivity index (χ4v) is 5.31. The summed E-state index contributed by atoms with van der Waals surface area (Å²) in [6.07, 6.45) is 5.30. The summed E-state index contributed by atoms with van der Waals surface area (Å²) in [6, 6.07) is 13.3. The first-order valence-electron chi connectivity index (χ1n) is 12.4. The Morgan fingerprint density at radius 3 is 2.66 bits per heavy atom. The van der Waals surface area contributed by atoms with Crippen LogP contribution in [0.4, 0.5) is 5.82 Å². The molecule has 9 nitrogen and oxygen atoms in total. The Labute approximate surface area is 205 Å². The Morgan fingerprint density at radius 1 is 1.00 bits per heavy atom. The summed E-state index contributed by atoms with van der Waals surface area (Å²) < 4.78 is 9.62. The molecule has 0 radical (unpaired) electrons. The second-order valence-electron chi connectivity index (χ2n) is 9.63. The van der Waals surface area contributed by atoms with Gasteiger partial charge in [-0.2, -0.15) is 10.2 Å². The number of ether oxygens (including phenoxy) is 1. The first-order chi connectivity index (χ1) is 17.2. The van der Waals surface area contributed by atoms with E-state index in [0.29, 0.717) is 11.9 Å². The highest BCUT2D eigenvalue weighted by Crippen LogP contribution is 2.36. The molecule has 9 heteroatoms. The highest BCUT2D eigenvalue weighted by atomic mass is 16.5. The number of hydrogen-bond acceptors (Lipinski definition) is 7. The number of hydrogen-bond donors (Lipinski definition) is 1. The standard InChI is InChI=1S/C26H32N8O/c1-31-9-11-32(12-10-31)17-19-3-2-4-20(15-19)24-16-22(25-26(27)28-18-30-34(24)25)23-5-8-29-33(23)21-6-13-35-14-7-21/h2-5,8,15-16,18,21H,6-7,9-14,17H2,1H3,(H2,27,28,30). The van der Waals surface area contributed by atoms with Crippen molar-refractivity contribution in [3.8, 4) is 22.5 Å². The first kappa shape index (κ1) is 22.2. The Morgan fingerprint density at radius 2 is 1.83 bits per heavy atom. The SMILES string of the molecule is CN1CCN(Cc2cccc(-c3cc(-c4ccnn4C4CCOCC4)c4c(N)ncnn34)c2)CC1. The van der Waals surface area contributed by atoms with Gasteiger partial charge in [-0.15, -0.1) is 0 Å². The summed E-state index contributed by atoms with van der Waals surface area (Å²) in [6.45, 7) is 6.89. The van der Waals surface area contributed by atoms with Crippen LogP contribution in [0.25, 0.3) is 28.0 Å². The van der Waals surface area contributed by atoms with Gasteiger partial charge in [0.1, 0.15) is 11.8 Å². The number of nitrogens with zero attached hydrogens (tertiary/aromatic N) is 7. The molecule has 182 valence electrons. The van der Waals surface area contributed by atoms with Crippen LogP contribution in [-0.2, 0) is 11.3 Å². The minimum atomic E-state index is 0.310. The van der Waals surface area contributed by atoms with E-state index in [9.17, 15) is 0 Å². The highest BCUT2D eigenvalue weighted by molar-refractivity contribution is 5.90. The number of anilines is 1. The molecule has 35 heavy (non-hydrogen) atoms. The van der Waals surface area contributed by atoms with Gasteiger partial charge in [-0.05, 0) is 43.7 Å². The topological polar surface area (TPSA) is 89.7 Å². The molecule has 2 aliphatic heterocycles. The summed E-state index contributed by atoms with van der Waals surface area (Å²) in [5.41, 5.74) is 12.7. The third-order valence-corrected chi connectivity index (χ3v) is 7.29.